The fraction of sp³-hybridized carbons (Fsp3) is 0.843. The molecule has 0 saturated carbocycles. The smallest absolute Gasteiger partial charge is 0.00952 e. The van der Waals surface area contributed by atoms with E-state index < -0.39 is 0 Å². The van der Waals surface area contributed by atoms with Gasteiger partial charge in [-0.2, -0.15) is 0 Å². The maximum Gasteiger partial charge on any atom is 0.00952 e. The molecule has 2 nitrogen and oxygen atoms in total. The summed E-state index contributed by atoms with van der Waals surface area (Å²) in [6.07, 6.45) is 65.5. The average Bonchev–Trinajstić information content (AvgIpc) is 3.15. The number of allylic oxidation sites excluding steroid dienone is 8. The first kappa shape index (κ1) is 51.9. The van der Waals surface area contributed by atoms with E-state index in [1.165, 1.54) is 225 Å². The Morgan fingerprint density at radius 2 is 0.642 bits per heavy atom. The van der Waals surface area contributed by atoms with Gasteiger partial charge in [-0.1, -0.05) is 198 Å². The summed E-state index contributed by atoms with van der Waals surface area (Å²) in [6, 6.07) is 0.800. The predicted octanol–water partition coefficient (Wildman–Crippen LogP) is 16.8. The maximum absolute atomic E-state index is 2.97. The molecule has 0 aliphatic carbocycles. The van der Waals surface area contributed by atoms with E-state index in [0.29, 0.717) is 0 Å². The lowest BCUT2D eigenvalue weighted by Gasteiger charge is -2.33. The number of unbranched alkanes of at least 4 members (excludes halogenated alkanes) is 24. The van der Waals surface area contributed by atoms with Crippen molar-refractivity contribution >= 4 is 0 Å². The molecular formula is C51H98N2. The van der Waals surface area contributed by atoms with Gasteiger partial charge in [-0.05, 0) is 124 Å². The molecule has 0 aliphatic heterocycles. The monoisotopic (exact) mass is 739 g/mol. The lowest BCUT2D eigenvalue weighted by molar-refractivity contribution is 0.159. The van der Waals surface area contributed by atoms with Gasteiger partial charge in [0, 0.05) is 6.04 Å². The molecule has 0 aromatic heterocycles. The van der Waals surface area contributed by atoms with E-state index in [2.05, 4.69) is 93.3 Å². The molecule has 0 amide bonds. The highest BCUT2D eigenvalue weighted by Crippen LogP contribution is 2.21. The predicted molar refractivity (Wildman–Crippen MR) is 244 cm³/mol. The van der Waals surface area contributed by atoms with Crippen molar-refractivity contribution in [2.24, 2.45) is 0 Å². The second-order valence-corrected chi connectivity index (χ2v) is 16.7. The van der Waals surface area contributed by atoms with Crippen LogP contribution in [0.2, 0.25) is 0 Å². The van der Waals surface area contributed by atoms with Crippen LogP contribution in [0.3, 0.4) is 0 Å². The van der Waals surface area contributed by atoms with Crippen LogP contribution in [0, 0.1) is 0 Å². The highest BCUT2D eigenvalue weighted by atomic mass is 15.2. The summed E-state index contributed by atoms with van der Waals surface area (Å²) in [5.74, 6) is 0. The van der Waals surface area contributed by atoms with Gasteiger partial charge in [-0.3, -0.25) is 0 Å². The van der Waals surface area contributed by atoms with Crippen molar-refractivity contribution in [2.75, 3.05) is 33.7 Å². The fourth-order valence-electron chi connectivity index (χ4n) is 7.58. The Bertz CT molecular complexity index is 744. The third-order valence-corrected chi connectivity index (χ3v) is 11.1. The molecule has 0 spiro atoms. The van der Waals surface area contributed by atoms with Crippen LogP contribution in [0.4, 0.5) is 0 Å². The second kappa shape index (κ2) is 45.3. The number of nitrogens with zero attached hydrogens (tertiary/aromatic N) is 2. The average molecular weight is 739 g/mol. The van der Waals surface area contributed by atoms with Crippen molar-refractivity contribution in [3.63, 3.8) is 0 Å². The van der Waals surface area contributed by atoms with E-state index >= 15 is 0 Å². The van der Waals surface area contributed by atoms with Gasteiger partial charge in [-0.15, -0.1) is 0 Å². The minimum absolute atomic E-state index is 0.800. The van der Waals surface area contributed by atoms with Crippen LogP contribution in [-0.2, 0) is 0 Å². The Kier molecular flexibility index (Phi) is 44.3. The SMILES string of the molecule is CCCCC/C=C\C/C=C\CCCCCCCCC(CCCCCCCC/C=C\C/C=C\CCCCC)N(CCCCCCCCC)CCCN(C)C. The molecule has 0 fully saturated rings. The van der Waals surface area contributed by atoms with Crippen LogP contribution >= 0.6 is 0 Å². The van der Waals surface area contributed by atoms with Crippen LogP contribution in [0.15, 0.2) is 48.6 Å². The topological polar surface area (TPSA) is 6.48 Å². The Balaban J connectivity index is 4.58. The van der Waals surface area contributed by atoms with Crippen molar-refractivity contribution < 1.29 is 0 Å². The molecule has 0 unspecified atom stereocenters. The molecule has 0 atom stereocenters. The highest BCUT2D eigenvalue weighted by molar-refractivity contribution is 4.93. The van der Waals surface area contributed by atoms with Crippen molar-refractivity contribution in [1.29, 1.82) is 0 Å². The first-order valence-electron chi connectivity index (χ1n) is 24.1. The van der Waals surface area contributed by atoms with E-state index in [4.69, 9.17) is 0 Å². The summed E-state index contributed by atoms with van der Waals surface area (Å²) >= 11 is 0. The molecule has 53 heavy (non-hydrogen) atoms. The Morgan fingerprint density at radius 3 is 1.06 bits per heavy atom. The van der Waals surface area contributed by atoms with E-state index in [1.54, 1.807) is 0 Å². The zero-order chi connectivity index (χ0) is 38.6. The number of hydrogen-bond acceptors (Lipinski definition) is 2. The molecule has 0 heterocycles. The van der Waals surface area contributed by atoms with Gasteiger partial charge in [0.15, 0.2) is 0 Å². The summed E-state index contributed by atoms with van der Waals surface area (Å²) in [6.45, 7) is 10.7. The fourth-order valence-corrected chi connectivity index (χ4v) is 7.58. The summed E-state index contributed by atoms with van der Waals surface area (Å²) in [5, 5.41) is 0. The molecule has 312 valence electrons. The largest absolute Gasteiger partial charge is 0.309 e. The van der Waals surface area contributed by atoms with Crippen molar-refractivity contribution in [1.82, 2.24) is 9.80 Å². The van der Waals surface area contributed by atoms with Crippen LogP contribution in [-0.4, -0.2) is 49.6 Å². The first-order chi connectivity index (χ1) is 26.2. The maximum atomic E-state index is 2.97. The van der Waals surface area contributed by atoms with Crippen LogP contribution in [0.25, 0.3) is 0 Å². The van der Waals surface area contributed by atoms with Gasteiger partial charge in [-0.25, -0.2) is 0 Å². The molecule has 0 aliphatic rings. The van der Waals surface area contributed by atoms with Gasteiger partial charge in [0.05, 0.1) is 0 Å². The van der Waals surface area contributed by atoms with E-state index in [9.17, 15) is 0 Å². The second-order valence-electron chi connectivity index (χ2n) is 16.7. The van der Waals surface area contributed by atoms with Gasteiger partial charge in [0.1, 0.15) is 0 Å². The van der Waals surface area contributed by atoms with Gasteiger partial charge in [0.2, 0.25) is 0 Å². The van der Waals surface area contributed by atoms with Crippen LogP contribution in [0.5, 0.6) is 0 Å². The minimum Gasteiger partial charge on any atom is -0.309 e. The summed E-state index contributed by atoms with van der Waals surface area (Å²) in [7, 11) is 4.48. The lowest BCUT2D eigenvalue weighted by Crippen LogP contribution is -2.38. The van der Waals surface area contributed by atoms with Crippen molar-refractivity contribution in [3.05, 3.63) is 48.6 Å². The van der Waals surface area contributed by atoms with Crippen LogP contribution in [0.1, 0.15) is 239 Å². The molecular weight excluding hydrogens is 641 g/mol. The Labute approximate surface area is 336 Å². The van der Waals surface area contributed by atoms with Gasteiger partial charge >= 0.3 is 0 Å². The van der Waals surface area contributed by atoms with Crippen LogP contribution < -0.4 is 0 Å². The molecule has 0 aromatic rings. The lowest BCUT2D eigenvalue weighted by atomic mass is 9.97. The van der Waals surface area contributed by atoms with Gasteiger partial charge < -0.3 is 9.80 Å². The molecule has 0 rings (SSSR count). The normalized spacial score (nSPS) is 12.6. The molecule has 0 saturated heterocycles. The molecule has 2 heteroatoms. The first-order valence-corrected chi connectivity index (χ1v) is 24.1. The minimum atomic E-state index is 0.800. The quantitative estimate of drug-likeness (QED) is 0.0454. The number of hydrogen-bond donors (Lipinski definition) is 0. The number of rotatable bonds is 43. The van der Waals surface area contributed by atoms with Crippen molar-refractivity contribution in [2.45, 2.75) is 245 Å². The summed E-state index contributed by atoms with van der Waals surface area (Å²) in [5.41, 5.74) is 0. The zero-order valence-corrected chi connectivity index (χ0v) is 37.3. The molecule has 0 radical (unpaired) electrons. The van der Waals surface area contributed by atoms with E-state index in [-0.39, 0.29) is 0 Å². The van der Waals surface area contributed by atoms with E-state index in [0.717, 1.165) is 18.9 Å². The molecule has 0 bridgehead atoms. The summed E-state index contributed by atoms with van der Waals surface area (Å²) < 4.78 is 0. The molecule has 0 aromatic carbocycles. The standard InChI is InChI=1S/C51H98N2/c1-6-9-12-15-18-20-22-24-26-28-30-32-34-36-39-42-46-51(53(50-45-48-52(4)5)49-44-41-38-17-14-11-8-3)47-43-40-37-35-33-31-29-27-25-23-21-19-16-13-10-7-2/h18-21,24-27,51H,6-17,22-23,28-50H2,1-5H3/b20-18-,21-19-,26-24-,27-25-. The van der Waals surface area contributed by atoms with Gasteiger partial charge in [0.25, 0.3) is 0 Å². The third-order valence-electron chi connectivity index (χ3n) is 11.1. The Morgan fingerprint density at radius 1 is 0.321 bits per heavy atom. The van der Waals surface area contributed by atoms with E-state index in [1.807, 2.05) is 0 Å². The summed E-state index contributed by atoms with van der Waals surface area (Å²) in [4.78, 5) is 5.35. The third kappa shape index (κ3) is 41.9. The molecule has 0 N–H and O–H groups in total. The van der Waals surface area contributed by atoms with Crippen molar-refractivity contribution in [3.8, 4) is 0 Å². The highest BCUT2D eigenvalue weighted by Gasteiger charge is 2.18. The zero-order valence-electron chi connectivity index (χ0n) is 37.3. The Hall–Kier alpha value is -1.12.